The summed E-state index contributed by atoms with van der Waals surface area (Å²) in [6.07, 6.45) is 0.847. The molecule has 0 fully saturated rings. The number of hydrogen-bond acceptors (Lipinski definition) is 3. The Morgan fingerprint density at radius 3 is 1.81 bits per heavy atom. The number of fused-ring (bicyclic) bond motifs is 1. The third-order valence-corrected chi connectivity index (χ3v) is 5.51. The molecule has 0 radical (unpaired) electrons. The van der Waals surface area contributed by atoms with Crippen molar-refractivity contribution >= 4 is 17.7 Å². The van der Waals surface area contributed by atoms with Crippen molar-refractivity contribution in [3.63, 3.8) is 0 Å². The van der Waals surface area contributed by atoms with Gasteiger partial charge in [0.1, 0.15) is 0 Å². The molecular formula is C26H24N2O3. The van der Waals surface area contributed by atoms with E-state index in [-0.39, 0.29) is 30.7 Å². The molecular weight excluding hydrogens is 388 g/mol. The summed E-state index contributed by atoms with van der Waals surface area (Å²) in [5, 5.41) is 0. The Bertz CT molecular complexity index is 1050. The normalized spacial score (nSPS) is 12.7. The van der Waals surface area contributed by atoms with E-state index in [1.54, 1.807) is 29.2 Å². The molecule has 1 aliphatic heterocycles. The van der Waals surface area contributed by atoms with Crippen LogP contribution in [0.15, 0.2) is 84.9 Å². The monoisotopic (exact) mass is 412 g/mol. The van der Waals surface area contributed by atoms with Gasteiger partial charge in [0.05, 0.1) is 11.1 Å². The van der Waals surface area contributed by atoms with Gasteiger partial charge in [0.2, 0.25) is 5.91 Å². The molecule has 3 amide bonds. The van der Waals surface area contributed by atoms with Crippen molar-refractivity contribution in [1.82, 2.24) is 9.80 Å². The lowest BCUT2D eigenvalue weighted by Crippen LogP contribution is -2.37. The van der Waals surface area contributed by atoms with Crippen LogP contribution in [0.4, 0.5) is 0 Å². The van der Waals surface area contributed by atoms with Gasteiger partial charge in [0.25, 0.3) is 11.8 Å². The molecule has 0 unspecified atom stereocenters. The molecule has 3 aromatic rings. The highest BCUT2D eigenvalue weighted by molar-refractivity contribution is 6.21. The van der Waals surface area contributed by atoms with Crippen molar-refractivity contribution < 1.29 is 14.4 Å². The van der Waals surface area contributed by atoms with Crippen LogP contribution in [0.1, 0.15) is 38.3 Å². The van der Waals surface area contributed by atoms with Crippen molar-refractivity contribution in [3.8, 4) is 0 Å². The average Bonchev–Trinajstić information content (AvgIpc) is 3.06. The fourth-order valence-electron chi connectivity index (χ4n) is 3.81. The van der Waals surface area contributed by atoms with Crippen LogP contribution >= 0.6 is 0 Å². The minimum atomic E-state index is -0.327. The Morgan fingerprint density at radius 2 is 1.23 bits per heavy atom. The van der Waals surface area contributed by atoms with Gasteiger partial charge in [-0.25, -0.2) is 0 Å². The summed E-state index contributed by atoms with van der Waals surface area (Å²) in [4.78, 5) is 41.2. The Balaban J connectivity index is 1.43. The zero-order valence-corrected chi connectivity index (χ0v) is 17.2. The van der Waals surface area contributed by atoms with E-state index in [1.165, 1.54) is 4.90 Å². The Morgan fingerprint density at radius 1 is 0.710 bits per heavy atom. The molecule has 1 aliphatic rings. The van der Waals surface area contributed by atoms with Crippen LogP contribution in [0, 0.1) is 0 Å². The Hall–Kier alpha value is -3.73. The number of nitrogens with zero attached hydrogens (tertiary/aromatic N) is 2. The molecule has 1 heterocycles. The van der Waals surface area contributed by atoms with Gasteiger partial charge in [-0.2, -0.15) is 0 Å². The van der Waals surface area contributed by atoms with Crippen LogP contribution in [-0.2, 0) is 17.8 Å². The SMILES string of the molecule is O=C(CCN1C(=O)c2ccccc2C1=O)N(CCc1ccccc1)Cc1ccccc1. The molecule has 5 nitrogen and oxygen atoms in total. The minimum Gasteiger partial charge on any atom is -0.338 e. The van der Waals surface area contributed by atoms with E-state index in [9.17, 15) is 14.4 Å². The van der Waals surface area contributed by atoms with Gasteiger partial charge >= 0.3 is 0 Å². The van der Waals surface area contributed by atoms with Crippen LogP contribution in [-0.4, -0.2) is 40.6 Å². The summed E-state index contributed by atoms with van der Waals surface area (Å²) in [5.41, 5.74) is 3.02. The van der Waals surface area contributed by atoms with Crippen molar-refractivity contribution in [1.29, 1.82) is 0 Å². The molecule has 0 atom stereocenters. The Labute approximate surface area is 181 Å². The van der Waals surface area contributed by atoms with Gasteiger partial charge in [-0.15, -0.1) is 0 Å². The first-order chi connectivity index (χ1) is 15.1. The third-order valence-electron chi connectivity index (χ3n) is 5.51. The predicted molar refractivity (Wildman–Crippen MR) is 118 cm³/mol. The molecule has 3 aromatic carbocycles. The zero-order valence-electron chi connectivity index (χ0n) is 17.2. The van der Waals surface area contributed by atoms with E-state index in [4.69, 9.17) is 0 Å². The highest BCUT2D eigenvalue weighted by Crippen LogP contribution is 2.22. The summed E-state index contributed by atoms with van der Waals surface area (Å²) >= 11 is 0. The van der Waals surface area contributed by atoms with E-state index < -0.39 is 0 Å². The maximum Gasteiger partial charge on any atom is 0.261 e. The van der Waals surface area contributed by atoms with Crippen LogP contribution in [0.25, 0.3) is 0 Å². The fraction of sp³-hybridized carbons (Fsp3) is 0.192. The van der Waals surface area contributed by atoms with Gasteiger partial charge in [-0.05, 0) is 29.7 Å². The minimum absolute atomic E-state index is 0.0728. The summed E-state index contributed by atoms with van der Waals surface area (Å²) in [6.45, 7) is 1.15. The Kier molecular flexibility index (Phi) is 6.22. The maximum atomic E-state index is 13.1. The lowest BCUT2D eigenvalue weighted by molar-refractivity contribution is -0.131. The van der Waals surface area contributed by atoms with Crippen LogP contribution in [0.2, 0.25) is 0 Å². The molecule has 0 saturated carbocycles. The predicted octanol–water partition coefficient (Wildman–Crippen LogP) is 3.94. The second kappa shape index (κ2) is 9.39. The fourth-order valence-corrected chi connectivity index (χ4v) is 3.81. The molecule has 0 aromatic heterocycles. The topological polar surface area (TPSA) is 57.7 Å². The molecule has 0 spiro atoms. The molecule has 156 valence electrons. The molecule has 31 heavy (non-hydrogen) atoms. The molecule has 0 aliphatic carbocycles. The summed E-state index contributed by atoms with van der Waals surface area (Å²) in [5.74, 6) is -0.726. The molecule has 5 heteroatoms. The van der Waals surface area contributed by atoms with Crippen molar-refractivity contribution in [3.05, 3.63) is 107 Å². The number of benzene rings is 3. The van der Waals surface area contributed by atoms with Crippen LogP contribution in [0.5, 0.6) is 0 Å². The number of rotatable bonds is 8. The van der Waals surface area contributed by atoms with Gasteiger partial charge in [-0.3, -0.25) is 19.3 Å². The second-order valence-electron chi connectivity index (χ2n) is 7.59. The second-order valence-corrected chi connectivity index (χ2v) is 7.59. The van der Waals surface area contributed by atoms with Crippen LogP contribution in [0.3, 0.4) is 0 Å². The summed E-state index contributed by atoms with van der Waals surface area (Å²) in [7, 11) is 0. The highest BCUT2D eigenvalue weighted by Gasteiger charge is 2.35. The van der Waals surface area contributed by atoms with E-state index in [0.717, 1.165) is 17.5 Å². The van der Waals surface area contributed by atoms with Gasteiger partial charge in [-0.1, -0.05) is 72.8 Å². The largest absolute Gasteiger partial charge is 0.338 e. The molecule has 4 rings (SSSR count). The first-order valence-corrected chi connectivity index (χ1v) is 10.4. The van der Waals surface area contributed by atoms with E-state index in [0.29, 0.717) is 24.2 Å². The molecule has 0 saturated heterocycles. The van der Waals surface area contributed by atoms with Crippen molar-refractivity contribution in [2.24, 2.45) is 0 Å². The smallest absolute Gasteiger partial charge is 0.261 e. The summed E-state index contributed by atoms with van der Waals surface area (Å²) < 4.78 is 0. The van der Waals surface area contributed by atoms with Gasteiger partial charge in [0, 0.05) is 26.1 Å². The standard InChI is InChI=1S/C26H24N2O3/c29-24(16-18-28-25(30)22-13-7-8-14-23(22)26(28)31)27(19-21-11-5-2-6-12-21)17-15-20-9-3-1-4-10-20/h1-14H,15-19H2. The zero-order chi connectivity index (χ0) is 21.6. The van der Waals surface area contributed by atoms with Gasteiger partial charge in [0.15, 0.2) is 0 Å². The van der Waals surface area contributed by atoms with Crippen LogP contribution < -0.4 is 0 Å². The van der Waals surface area contributed by atoms with Gasteiger partial charge < -0.3 is 4.90 Å². The van der Waals surface area contributed by atoms with Crippen molar-refractivity contribution in [2.75, 3.05) is 13.1 Å². The highest BCUT2D eigenvalue weighted by atomic mass is 16.2. The lowest BCUT2D eigenvalue weighted by atomic mass is 10.1. The number of amides is 3. The first kappa shape index (κ1) is 20.5. The van der Waals surface area contributed by atoms with Crippen molar-refractivity contribution in [2.45, 2.75) is 19.4 Å². The number of imide groups is 1. The average molecular weight is 412 g/mol. The number of carbonyl (C=O) groups excluding carboxylic acids is 3. The lowest BCUT2D eigenvalue weighted by Gasteiger charge is -2.24. The van der Waals surface area contributed by atoms with E-state index >= 15 is 0 Å². The molecule has 0 bridgehead atoms. The number of hydrogen-bond donors (Lipinski definition) is 0. The van der Waals surface area contributed by atoms with E-state index in [1.807, 2.05) is 60.7 Å². The third kappa shape index (κ3) is 4.72. The number of carbonyl (C=O) groups is 3. The quantitative estimate of drug-likeness (QED) is 0.527. The maximum absolute atomic E-state index is 13.1. The van der Waals surface area contributed by atoms with E-state index in [2.05, 4.69) is 0 Å². The first-order valence-electron chi connectivity index (χ1n) is 10.4. The molecule has 0 N–H and O–H groups in total. The summed E-state index contributed by atoms with van der Waals surface area (Å²) in [6, 6.07) is 26.7.